The van der Waals surface area contributed by atoms with Crippen LogP contribution in [-0.4, -0.2) is 33.7 Å². The third-order valence-electron chi connectivity index (χ3n) is 3.21. The molecule has 2 atom stereocenters. The highest BCUT2D eigenvalue weighted by atomic mass is 32.2. The van der Waals surface area contributed by atoms with Crippen LogP contribution in [0.3, 0.4) is 0 Å². The number of nitrogens with two attached hydrogens (primary N) is 2. The molecule has 0 saturated carbocycles. The van der Waals surface area contributed by atoms with E-state index in [0.29, 0.717) is 24.5 Å². The molecule has 0 aromatic heterocycles. The molecule has 0 aliphatic carbocycles. The topological polar surface area (TPSA) is 98.6 Å². The van der Waals surface area contributed by atoms with E-state index in [0.717, 1.165) is 0 Å². The van der Waals surface area contributed by atoms with Gasteiger partial charge >= 0.3 is 0 Å². The number of sulfonamides is 1. The number of benzene rings is 1. The predicted octanol–water partition coefficient (Wildman–Crippen LogP) is 0.530. The normalized spacial score (nSPS) is 24.5. The molecule has 19 heavy (non-hydrogen) atoms. The summed E-state index contributed by atoms with van der Waals surface area (Å²) in [7, 11) is -3.81. The standard InChI is InChI=1S/C12H19N3O3S/c1-8-7-18-9(2)6-15(8)11-4-3-10(13)5-12(11)19(14,16)17/h3-5,8-9H,6-7,13H2,1-2H3,(H2,14,16,17). The van der Waals surface area contributed by atoms with Crippen molar-refractivity contribution < 1.29 is 13.2 Å². The first-order valence-corrected chi connectivity index (χ1v) is 7.64. The number of ether oxygens (including phenoxy) is 1. The zero-order chi connectivity index (χ0) is 14.2. The Morgan fingerprint density at radius 1 is 1.37 bits per heavy atom. The molecule has 4 N–H and O–H groups in total. The van der Waals surface area contributed by atoms with Gasteiger partial charge in [0.05, 0.1) is 18.4 Å². The minimum atomic E-state index is -3.81. The number of nitrogen functional groups attached to an aromatic ring is 1. The maximum Gasteiger partial charge on any atom is 0.240 e. The molecule has 0 amide bonds. The summed E-state index contributed by atoms with van der Waals surface area (Å²) < 4.78 is 28.9. The first kappa shape index (κ1) is 14.1. The maximum atomic E-state index is 11.7. The fourth-order valence-electron chi connectivity index (χ4n) is 2.23. The lowest BCUT2D eigenvalue weighted by Gasteiger charge is -2.39. The van der Waals surface area contributed by atoms with E-state index in [4.69, 9.17) is 15.6 Å². The van der Waals surface area contributed by atoms with Gasteiger partial charge in [0.25, 0.3) is 0 Å². The van der Waals surface area contributed by atoms with Gasteiger partial charge in [-0.1, -0.05) is 0 Å². The second-order valence-corrected chi connectivity index (χ2v) is 6.45. The molecule has 1 aromatic rings. The molecular weight excluding hydrogens is 266 g/mol. The van der Waals surface area contributed by atoms with E-state index in [-0.39, 0.29) is 17.0 Å². The van der Waals surface area contributed by atoms with Crippen LogP contribution < -0.4 is 15.8 Å². The van der Waals surface area contributed by atoms with Crippen LogP contribution in [0.2, 0.25) is 0 Å². The van der Waals surface area contributed by atoms with Crippen LogP contribution in [-0.2, 0) is 14.8 Å². The first-order chi connectivity index (χ1) is 8.79. The summed E-state index contributed by atoms with van der Waals surface area (Å²) in [4.78, 5) is 2.06. The van der Waals surface area contributed by atoms with E-state index in [9.17, 15) is 8.42 Å². The average Bonchev–Trinajstić information content (AvgIpc) is 2.31. The van der Waals surface area contributed by atoms with Crippen LogP contribution in [0.5, 0.6) is 0 Å². The third kappa shape index (κ3) is 2.99. The molecule has 1 fully saturated rings. The minimum absolute atomic E-state index is 0.0436. The highest BCUT2D eigenvalue weighted by Crippen LogP contribution is 2.30. The van der Waals surface area contributed by atoms with Crippen molar-refractivity contribution in [2.45, 2.75) is 30.9 Å². The Hall–Kier alpha value is -1.31. The largest absolute Gasteiger partial charge is 0.399 e. The van der Waals surface area contributed by atoms with Gasteiger partial charge in [0.15, 0.2) is 0 Å². The van der Waals surface area contributed by atoms with Crippen molar-refractivity contribution in [3.05, 3.63) is 18.2 Å². The van der Waals surface area contributed by atoms with Crippen molar-refractivity contribution in [1.82, 2.24) is 0 Å². The SMILES string of the molecule is CC1CN(c2ccc(N)cc2S(N)(=O)=O)C(C)CO1. The summed E-state index contributed by atoms with van der Waals surface area (Å²) in [5, 5.41) is 5.27. The molecule has 0 spiro atoms. The highest BCUT2D eigenvalue weighted by molar-refractivity contribution is 7.89. The lowest BCUT2D eigenvalue weighted by Crippen LogP contribution is -2.48. The van der Waals surface area contributed by atoms with Crippen molar-refractivity contribution in [2.75, 3.05) is 23.8 Å². The molecule has 1 heterocycles. The Bertz CT molecular complexity index is 574. The Morgan fingerprint density at radius 2 is 2.05 bits per heavy atom. The van der Waals surface area contributed by atoms with Crippen LogP contribution in [0.15, 0.2) is 23.1 Å². The predicted molar refractivity (Wildman–Crippen MR) is 74.4 cm³/mol. The van der Waals surface area contributed by atoms with E-state index in [1.165, 1.54) is 6.07 Å². The van der Waals surface area contributed by atoms with Gasteiger partial charge in [-0.25, -0.2) is 13.6 Å². The summed E-state index contributed by atoms with van der Waals surface area (Å²) in [5.74, 6) is 0. The zero-order valence-corrected chi connectivity index (χ0v) is 11.9. The van der Waals surface area contributed by atoms with E-state index in [1.807, 2.05) is 18.7 Å². The Kier molecular flexibility index (Phi) is 3.71. The van der Waals surface area contributed by atoms with Gasteiger partial charge in [0.1, 0.15) is 4.90 Å². The molecule has 7 heteroatoms. The first-order valence-electron chi connectivity index (χ1n) is 6.09. The summed E-state index contributed by atoms with van der Waals surface area (Å²) in [6.07, 6.45) is 0.0436. The van der Waals surface area contributed by atoms with Crippen LogP contribution in [0.4, 0.5) is 11.4 Å². The van der Waals surface area contributed by atoms with Crippen LogP contribution in [0, 0.1) is 0 Å². The number of morpholine rings is 1. The van der Waals surface area contributed by atoms with Gasteiger partial charge in [-0.2, -0.15) is 0 Å². The molecule has 1 aliphatic rings. The fraction of sp³-hybridized carbons (Fsp3) is 0.500. The molecular formula is C12H19N3O3S. The molecule has 0 radical (unpaired) electrons. The molecule has 2 rings (SSSR count). The number of hydrogen-bond donors (Lipinski definition) is 2. The minimum Gasteiger partial charge on any atom is -0.399 e. The van der Waals surface area contributed by atoms with Crippen molar-refractivity contribution >= 4 is 21.4 Å². The average molecular weight is 285 g/mol. The lowest BCUT2D eigenvalue weighted by molar-refractivity contribution is 0.0341. The van der Waals surface area contributed by atoms with Crippen molar-refractivity contribution in [2.24, 2.45) is 5.14 Å². The maximum absolute atomic E-state index is 11.7. The van der Waals surface area contributed by atoms with Gasteiger partial charge in [0, 0.05) is 18.3 Å². The van der Waals surface area contributed by atoms with Gasteiger partial charge < -0.3 is 15.4 Å². The highest BCUT2D eigenvalue weighted by Gasteiger charge is 2.27. The quantitative estimate of drug-likeness (QED) is 0.772. The third-order valence-corrected chi connectivity index (χ3v) is 4.15. The molecule has 106 valence electrons. The number of rotatable bonds is 2. The fourth-order valence-corrected chi connectivity index (χ4v) is 3.01. The van der Waals surface area contributed by atoms with Crippen LogP contribution in [0.25, 0.3) is 0 Å². The van der Waals surface area contributed by atoms with E-state index < -0.39 is 10.0 Å². The zero-order valence-electron chi connectivity index (χ0n) is 11.0. The van der Waals surface area contributed by atoms with Gasteiger partial charge in [-0.05, 0) is 32.0 Å². The number of nitrogens with zero attached hydrogens (tertiary/aromatic N) is 1. The molecule has 0 bridgehead atoms. The monoisotopic (exact) mass is 285 g/mol. The number of hydrogen-bond acceptors (Lipinski definition) is 5. The molecule has 1 aliphatic heterocycles. The smallest absolute Gasteiger partial charge is 0.240 e. The number of primary sulfonamides is 1. The van der Waals surface area contributed by atoms with Gasteiger partial charge in [-0.15, -0.1) is 0 Å². The van der Waals surface area contributed by atoms with Crippen molar-refractivity contribution in [1.29, 1.82) is 0 Å². The molecule has 1 saturated heterocycles. The molecule has 1 aromatic carbocycles. The Balaban J connectivity index is 2.49. The van der Waals surface area contributed by atoms with Gasteiger partial charge in [-0.3, -0.25) is 0 Å². The molecule has 2 unspecified atom stereocenters. The van der Waals surface area contributed by atoms with Crippen LogP contribution in [0.1, 0.15) is 13.8 Å². The second kappa shape index (κ2) is 4.99. The summed E-state index contributed by atoms with van der Waals surface area (Å²) in [6.45, 7) is 5.10. The van der Waals surface area contributed by atoms with Crippen LogP contribution >= 0.6 is 0 Å². The summed E-state index contributed by atoms with van der Waals surface area (Å²) in [5.41, 5.74) is 6.61. The number of anilines is 2. The second-order valence-electron chi connectivity index (χ2n) is 4.92. The van der Waals surface area contributed by atoms with E-state index in [2.05, 4.69) is 0 Å². The van der Waals surface area contributed by atoms with Crippen molar-refractivity contribution in [3.63, 3.8) is 0 Å². The molecule has 6 nitrogen and oxygen atoms in total. The van der Waals surface area contributed by atoms with Crippen molar-refractivity contribution in [3.8, 4) is 0 Å². The van der Waals surface area contributed by atoms with E-state index in [1.54, 1.807) is 12.1 Å². The lowest BCUT2D eigenvalue weighted by atomic mass is 10.1. The van der Waals surface area contributed by atoms with Gasteiger partial charge in [0.2, 0.25) is 10.0 Å². The Labute approximate surface area is 113 Å². The summed E-state index contributed by atoms with van der Waals surface area (Å²) >= 11 is 0. The van der Waals surface area contributed by atoms with E-state index >= 15 is 0 Å². The Morgan fingerprint density at radius 3 is 2.68 bits per heavy atom. The summed E-state index contributed by atoms with van der Waals surface area (Å²) in [6, 6.07) is 4.86.